The predicted molar refractivity (Wildman–Crippen MR) is 132 cm³/mol. The lowest BCUT2D eigenvalue weighted by Gasteiger charge is -2.04. The zero-order valence-electron chi connectivity index (χ0n) is 20.6. The van der Waals surface area contributed by atoms with Gasteiger partial charge in [0.05, 0.1) is 0 Å². The molecule has 0 atom stereocenters. The molecular formula is C28H54O2. The van der Waals surface area contributed by atoms with E-state index in [1.165, 1.54) is 122 Å². The molecule has 0 saturated heterocycles. The van der Waals surface area contributed by atoms with E-state index in [0.29, 0.717) is 5.78 Å². The van der Waals surface area contributed by atoms with E-state index in [1.54, 1.807) is 0 Å². The maximum Gasteiger partial charge on any atom is 0.132 e. The summed E-state index contributed by atoms with van der Waals surface area (Å²) in [5.74, 6) is 0.494. The second-order valence-electron chi connectivity index (χ2n) is 9.42. The van der Waals surface area contributed by atoms with Gasteiger partial charge in [-0.05, 0) is 19.3 Å². The third-order valence-electron chi connectivity index (χ3n) is 6.34. The van der Waals surface area contributed by atoms with Gasteiger partial charge in [-0.1, -0.05) is 129 Å². The highest BCUT2D eigenvalue weighted by Crippen LogP contribution is 2.14. The van der Waals surface area contributed by atoms with Crippen molar-refractivity contribution in [3.8, 4) is 0 Å². The van der Waals surface area contributed by atoms with Crippen molar-refractivity contribution in [2.75, 3.05) is 0 Å². The lowest BCUT2D eigenvalue weighted by molar-refractivity contribution is -0.119. The minimum Gasteiger partial charge on any atom is -0.303 e. The molecule has 0 aromatic heterocycles. The highest BCUT2D eigenvalue weighted by Gasteiger charge is 2.02. The smallest absolute Gasteiger partial charge is 0.132 e. The Hall–Kier alpha value is -0.660. The molecule has 2 nitrogen and oxygen atoms in total. The van der Waals surface area contributed by atoms with E-state index in [0.717, 1.165) is 44.8 Å². The van der Waals surface area contributed by atoms with Gasteiger partial charge in [-0.2, -0.15) is 0 Å². The van der Waals surface area contributed by atoms with Crippen LogP contribution in [0.1, 0.15) is 167 Å². The van der Waals surface area contributed by atoms with E-state index >= 15 is 0 Å². The zero-order chi connectivity index (χ0) is 22.0. The molecule has 0 saturated carbocycles. The number of carbonyl (C=O) groups is 2. The van der Waals surface area contributed by atoms with Crippen molar-refractivity contribution < 1.29 is 9.59 Å². The van der Waals surface area contributed by atoms with Gasteiger partial charge in [0, 0.05) is 19.3 Å². The number of carbonyl (C=O) groups excluding carboxylic acids is 2. The van der Waals surface area contributed by atoms with Crippen molar-refractivity contribution in [2.24, 2.45) is 0 Å². The summed E-state index contributed by atoms with van der Waals surface area (Å²) in [6, 6.07) is 0. The number of rotatable bonds is 26. The first-order valence-electron chi connectivity index (χ1n) is 13.8. The van der Waals surface area contributed by atoms with Gasteiger partial charge >= 0.3 is 0 Å². The summed E-state index contributed by atoms with van der Waals surface area (Å²) < 4.78 is 0. The molecule has 0 aliphatic carbocycles. The highest BCUT2D eigenvalue weighted by molar-refractivity contribution is 5.78. The lowest BCUT2D eigenvalue weighted by atomic mass is 10.0. The van der Waals surface area contributed by atoms with Crippen LogP contribution >= 0.6 is 0 Å². The Morgan fingerprint density at radius 1 is 0.467 bits per heavy atom. The van der Waals surface area contributed by atoms with Crippen molar-refractivity contribution in [3.63, 3.8) is 0 Å². The summed E-state index contributed by atoms with van der Waals surface area (Å²) in [7, 11) is 0. The Morgan fingerprint density at radius 2 is 0.767 bits per heavy atom. The molecule has 0 heterocycles. The lowest BCUT2D eigenvalue weighted by Crippen LogP contribution is -1.97. The first-order chi connectivity index (χ1) is 14.8. The minimum absolute atomic E-state index is 0.494. The van der Waals surface area contributed by atoms with Gasteiger partial charge in [-0.15, -0.1) is 0 Å². The average Bonchev–Trinajstić information content (AvgIpc) is 2.75. The fraction of sp³-hybridized carbons (Fsp3) is 0.929. The fourth-order valence-electron chi connectivity index (χ4n) is 4.25. The molecule has 0 unspecified atom stereocenters. The summed E-state index contributed by atoms with van der Waals surface area (Å²) in [6.45, 7) is 2.28. The van der Waals surface area contributed by atoms with Gasteiger partial charge < -0.3 is 4.79 Å². The number of aldehydes is 1. The van der Waals surface area contributed by atoms with Crippen molar-refractivity contribution in [1.82, 2.24) is 0 Å². The molecule has 0 rings (SSSR count). The van der Waals surface area contributed by atoms with Crippen molar-refractivity contribution >= 4 is 12.1 Å². The van der Waals surface area contributed by atoms with Crippen LogP contribution in [0.4, 0.5) is 0 Å². The molecule has 0 aliphatic rings. The minimum atomic E-state index is 0.494. The van der Waals surface area contributed by atoms with Crippen molar-refractivity contribution in [1.29, 1.82) is 0 Å². The quantitative estimate of drug-likeness (QED) is 0.103. The Morgan fingerprint density at radius 3 is 1.10 bits per heavy atom. The average molecular weight is 423 g/mol. The van der Waals surface area contributed by atoms with Gasteiger partial charge in [-0.3, -0.25) is 4.79 Å². The molecule has 0 aliphatic heterocycles. The van der Waals surface area contributed by atoms with E-state index in [1.807, 2.05) is 0 Å². The molecule has 0 aromatic rings. The predicted octanol–water partition coefficient (Wildman–Crippen LogP) is 9.53. The summed E-state index contributed by atoms with van der Waals surface area (Å²) in [4.78, 5) is 22.2. The second-order valence-corrected chi connectivity index (χ2v) is 9.42. The zero-order valence-corrected chi connectivity index (χ0v) is 20.6. The Labute approximate surface area is 189 Å². The van der Waals surface area contributed by atoms with Crippen LogP contribution < -0.4 is 0 Å². The topological polar surface area (TPSA) is 34.1 Å². The van der Waals surface area contributed by atoms with Gasteiger partial charge in [0.1, 0.15) is 12.1 Å². The molecule has 2 heteroatoms. The third-order valence-corrected chi connectivity index (χ3v) is 6.34. The molecule has 0 aromatic carbocycles. The van der Waals surface area contributed by atoms with Gasteiger partial charge in [-0.25, -0.2) is 0 Å². The number of hydrogen-bond donors (Lipinski definition) is 0. The standard InChI is InChI=1S/C28H54O2/c1-2-3-4-5-6-7-8-9-10-13-16-19-22-25-28(30)26-23-20-17-14-11-12-15-18-21-24-27-29/h27H,2-26H2,1H3. The molecule has 0 spiro atoms. The van der Waals surface area contributed by atoms with Crippen molar-refractivity contribution in [2.45, 2.75) is 167 Å². The van der Waals surface area contributed by atoms with Crippen LogP contribution in [0.5, 0.6) is 0 Å². The SMILES string of the molecule is CCCCCCCCCCCCCCCC(=O)CCCCCCCCCCCC=O. The number of Topliss-reactive ketones (excluding diaryl/α,β-unsaturated/α-hetero) is 1. The summed E-state index contributed by atoms with van der Waals surface area (Å²) in [6.07, 6.45) is 32.2. The highest BCUT2D eigenvalue weighted by atomic mass is 16.1. The molecule has 30 heavy (non-hydrogen) atoms. The molecule has 0 N–H and O–H groups in total. The summed E-state index contributed by atoms with van der Waals surface area (Å²) in [5, 5.41) is 0. The van der Waals surface area contributed by atoms with Crippen LogP contribution in [-0.4, -0.2) is 12.1 Å². The van der Waals surface area contributed by atoms with Gasteiger partial charge in [0.25, 0.3) is 0 Å². The number of hydrogen-bond acceptors (Lipinski definition) is 2. The molecule has 178 valence electrons. The van der Waals surface area contributed by atoms with Crippen LogP contribution in [-0.2, 0) is 9.59 Å². The largest absolute Gasteiger partial charge is 0.303 e. The second kappa shape index (κ2) is 26.4. The van der Waals surface area contributed by atoms with Crippen molar-refractivity contribution in [3.05, 3.63) is 0 Å². The van der Waals surface area contributed by atoms with Crippen LogP contribution in [0.3, 0.4) is 0 Å². The Balaban J connectivity index is 3.14. The summed E-state index contributed by atoms with van der Waals surface area (Å²) in [5.41, 5.74) is 0. The van der Waals surface area contributed by atoms with E-state index < -0.39 is 0 Å². The molecule has 0 amide bonds. The fourth-order valence-corrected chi connectivity index (χ4v) is 4.25. The van der Waals surface area contributed by atoms with Crippen LogP contribution in [0.15, 0.2) is 0 Å². The first-order valence-corrected chi connectivity index (χ1v) is 13.8. The maximum absolute atomic E-state index is 12.0. The van der Waals surface area contributed by atoms with E-state index in [9.17, 15) is 9.59 Å². The normalized spacial score (nSPS) is 11.1. The van der Waals surface area contributed by atoms with Gasteiger partial charge in [0.2, 0.25) is 0 Å². The van der Waals surface area contributed by atoms with Crippen LogP contribution in [0.2, 0.25) is 0 Å². The third kappa shape index (κ3) is 25.4. The Bertz CT molecular complexity index is 351. The number of unbranched alkanes of at least 4 members (excludes halogenated alkanes) is 21. The Kier molecular flexibility index (Phi) is 25.8. The molecule has 0 radical (unpaired) electrons. The summed E-state index contributed by atoms with van der Waals surface area (Å²) >= 11 is 0. The van der Waals surface area contributed by atoms with E-state index in [2.05, 4.69) is 6.92 Å². The van der Waals surface area contributed by atoms with E-state index in [4.69, 9.17) is 0 Å². The number of ketones is 1. The van der Waals surface area contributed by atoms with Gasteiger partial charge in [0.15, 0.2) is 0 Å². The maximum atomic E-state index is 12.0. The molecule has 0 fully saturated rings. The van der Waals surface area contributed by atoms with Crippen LogP contribution in [0.25, 0.3) is 0 Å². The first kappa shape index (κ1) is 29.3. The van der Waals surface area contributed by atoms with Crippen LogP contribution in [0, 0.1) is 0 Å². The molecule has 0 bridgehead atoms. The van der Waals surface area contributed by atoms with E-state index in [-0.39, 0.29) is 0 Å². The monoisotopic (exact) mass is 422 g/mol. The molecular weight excluding hydrogens is 368 g/mol.